The number of ether oxygens (including phenoxy) is 1. The molecule has 2 atom stereocenters. The number of thioether (sulfide) groups is 1. The zero-order chi connectivity index (χ0) is 11.0. The van der Waals surface area contributed by atoms with Crippen molar-refractivity contribution >= 4 is 17.7 Å². The van der Waals surface area contributed by atoms with Gasteiger partial charge in [0.25, 0.3) is 0 Å². The van der Waals surface area contributed by atoms with E-state index in [1.807, 2.05) is 13.2 Å². The molecule has 0 saturated heterocycles. The van der Waals surface area contributed by atoms with Crippen LogP contribution in [0, 0.1) is 0 Å². The van der Waals surface area contributed by atoms with Crippen LogP contribution in [0.4, 0.5) is 0 Å². The third-order valence-electron chi connectivity index (χ3n) is 1.94. The van der Waals surface area contributed by atoms with Gasteiger partial charge in [0.05, 0.1) is 12.1 Å². The lowest BCUT2D eigenvalue weighted by Crippen LogP contribution is -2.43. The molecule has 4 nitrogen and oxygen atoms in total. The van der Waals surface area contributed by atoms with Gasteiger partial charge in [0.1, 0.15) is 0 Å². The van der Waals surface area contributed by atoms with Gasteiger partial charge in [-0.1, -0.05) is 0 Å². The summed E-state index contributed by atoms with van der Waals surface area (Å²) >= 11 is 1.69. The fourth-order valence-corrected chi connectivity index (χ4v) is 1.32. The third kappa shape index (κ3) is 6.23. The van der Waals surface area contributed by atoms with Crippen LogP contribution in [0.2, 0.25) is 0 Å². The Balaban J connectivity index is 3.61. The quantitative estimate of drug-likeness (QED) is 0.644. The van der Waals surface area contributed by atoms with Gasteiger partial charge < -0.3 is 15.8 Å². The second-order valence-corrected chi connectivity index (χ2v) is 4.17. The SMILES string of the molecule is COC(C)CNC(=O)[C@@H](N)CCSC. The second kappa shape index (κ2) is 8.08. The van der Waals surface area contributed by atoms with Gasteiger partial charge in [0, 0.05) is 13.7 Å². The lowest BCUT2D eigenvalue weighted by molar-refractivity contribution is -0.122. The summed E-state index contributed by atoms with van der Waals surface area (Å²) in [6, 6.07) is -0.397. The highest BCUT2D eigenvalue weighted by atomic mass is 32.2. The second-order valence-electron chi connectivity index (χ2n) is 3.18. The van der Waals surface area contributed by atoms with Gasteiger partial charge in [-0.25, -0.2) is 0 Å². The molecular formula is C9H20N2O2S. The number of nitrogens with one attached hydrogen (secondary N) is 1. The van der Waals surface area contributed by atoms with Crippen molar-refractivity contribution in [1.29, 1.82) is 0 Å². The molecule has 0 fully saturated rings. The van der Waals surface area contributed by atoms with Gasteiger partial charge in [0.15, 0.2) is 0 Å². The molecular weight excluding hydrogens is 200 g/mol. The smallest absolute Gasteiger partial charge is 0.237 e. The van der Waals surface area contributed by atoms with Crippen LogP contribution in [-0.2, 0) is 9.53 Å². The van der Waals surface area contributed by atoms with Gasteiger partial charge in [-0.05, 0) is 25.4 Å². The van der Waals surface area contributed by atoms with Gasteiger partial charge in [0.2, 0.25) is 5.91 Å². The Bertz CT molecular complexity index is 167. The van der Waals surface area contributed by atoms with Crippen molar-refractivity contribution in [2.75, 3.05) is 25.7 Å². The lowest BCUT2D eigenvalue weighted by atomic mass is 10.2. The van der Waals surface area contributed by atoms with E-state index in [1.54, 1.807) is 18.9 Å². The molecule has 0 rings (SSSR count). The Labute approximate surface area is 89.9 Å². The van der Waals surface area contributed by atoms with E-state index in [0.29, 0.717) is 13.0 Å². The molecule has 0 aromatic heterocycles. The van der Waals surface area contributed by atoms with Crippen LogP contribution in [0.1, 0.15) is 13.3 Å². The zero-order valence-electron chi connectivity index (χ0n) is 9.08. The summed E-state index contributed by atoms with van der Waals surface area (Å²) in [4.78, 5) is 11.4. The van der Waals surface area contributed by atoms with E-state index >= 15 is 0 Å². The maximum atomic E-state index is 11.4. The number of hydrogen-bond acceptors (Lipinski definition) is 4. The van der Waals surface area contributed by atoms with Crippen molar-refractivity contribution in [3.63, 3.8) is 0 Å². The summed E-state index contributed by atoms with van der Waals surface area (Å²) in [6.45, 7) is 2.41. The molecule has 84 valence electrons. The Morgan fingerprint density at radius 1 is 1.64 bits per heavy atom. The van der Waals surface area contributed by atoms with E-state index in [0.717, 1.165) is 5.75 Å². The molecule has 0 aromatic rings. The Morgan fingerprint density at radius 3 is 2.79 bits per heavy atom. The molecule has 0 aliphatic rings. The number of hydrogen-bond donors (Lipinski definition) is 2. The molecule has 5 heteroatoms. The molecule has 0 spiro atoms. The van der Waals surface area contributed by atoms with Crippen molar-refractivity contribution in [2.45, 2.75) is 25.5 Å². The number of methoxy groups -OCH3 is 1. The molecule has 0 radical (unpaired) electrons. The van der Waals surface area contributed by atoms with E-state index in [2.05, 4.69) is 5.32 Å². The first-order chi connectivity index (χ1) is 6.61. The predicted molar refractivity (Wildman–Crippen MR) is 60.5 cm³/mol. The molecule has 0 aliphatic carbocycles. The van der Waals surface area contributed by atoms with Crippen LogP contribution in [0.25, 0.3) is 0 Å². The van der Waals surface area contributed by atoms with E-state index in [4.69, 9.17) is 10.5 Å². The molecule has 0 bridgehead atoms. The molecule has 1 amide bonds. The highest BCUT2D eigenvalue weighted by molar-refractivity contribution is 7.98. The monoisotopic (exact) mass is 220 g/mol. The van der Waals surface area contributed by atoms with Crippen molar-refractivity contribution in [2.24, 2.45) is 5.73 Å². The van der Waals surface area contributed by atoms with Crippen LogP contribution in [0.15, 0.2) is 0 Å². The first-order valence-electron chi connectivity index (χ1n) is 4.66. The fraction of sp³-hybridized carbons (Fsp3) is 0.889. The van der Waals surface area contributed by atoms with Gasteiger partial charge in [-0.3, -0.25) is 4.79 Å². The summed E-state index contributed by atoms with van der Waals surface area (Å²) < 4.78 is 5.00. The first-order valence-corrected chi connectivity index (χ1v) is 6.06. The van der Waals surface area contributed by atoms with E-state index in [1.165, 1.54) is 0 Å². The average molecular weight is 220 g/mol. The minimum Gasteiger partial charge on any atom is -0.380 e. The summed E-state index contributed by atoms with van der Waals surface area (Å²) in [5.41, 5.74) is 5.66. The Morgan fingerprint density at radius 2 is 2.29 bits per heavy atom. The minimum absolute atomic E-state index is 0.0340. The zero-order valence-corrected chi connectivity index (χ0v) is 9.89. The average Bonchev–Trinajstić information content (AvgIpc) is 2.21. The molecule has 0 saturated carbocycles. The number of rotatable bonds is 7. The number of carbonyl (C=O) groups excluding carboxylic acids is 1. The lowest BCUT2D eigenvalue weighted by Gasteiger charge is -2.14. The fourth-order valence-electron chi connectivity index (χ4n) is 0.835. The molecule has 0 aromatic carbocycles. The van der Waals surface area contributed by atoms with Crippen molar-refractivity contribution < 1.29 is 9.53 Å². The van der Waals surface area contributed by atoms with E-state index < -0.39 is 6.04 Å². The Kier molecular flexibility index (Phi) is 7.93. The van der Waals surface area contributed by atoms with Gasteiger partial charge >= 0.3 is 0 Å². The molecule has 0 heterocycles. The summed E-state index contributed by atoms with van der Waals surface area (Å²) in [5, 5.41) is 2.74. The van der Waals surface area contributed by atoms with Crippen molar-refractivity contribution in [3.8, 4) is 0 Å². The van der Waals surface area contributed by atoms with Crippen molar-refractivity contribution in [1.82, 2.24) is 5.32 Å². The molecule has 1 unspecified atom stereocenters. The highest BCUT2D eigenvalue weighted by Gasteiger charge is 2.12. The van der Waals surface area contributed by atoms with Crippen LogP contribution in [0.3, 0.4) is 0 Å². The maximum absolute atomic E-state index is 11.4. The van der Waals surface area contributed by atoms with Crippen molar-refractivity contribution in [3.05, 3.63) is 0 Å². The van der Waals surface area contributed by atoms with Crippen LogP contribution in [-0.4, -0.2) is 43.7 Å². The largest absolute Gasteiger partial charge is 0.380 e. The third-order valence-corrected chi connectivity index (χ3v) is 2.58. The van der Waals surface area contributed by atoms with Crippen LogP contribution in [0.5, 0.6) is 0 Å². The number of nitrogens with two attached hydrogens (primary N) is 1. The first kappa shape index (κ1) is 13.7. The standard InChI is InChI=1S/C9H20N2O2S/c1-7(13-2)6-11-9(12)8(10)4-5-14-3/h7-8H,4-6,10H2,1-3H3,(H,11,12)/t7?,8-/m0/s1. The van der Waals surface area contributed by atoms with Crippen LogP contribution >= 0.6 is 11.8 Å². The highest BCUT2D eigenvalue weighted by Crippen LogP contribution is 1.98. The van der Waals surface area contributed by atoms with E-state index in [-0.39, 0.29) is 12.0 Å². The molecule has 3 N–H and O–H groups in total. The topological polar surface area (TPSA) is 64.3 Å². The molecule has 0 aliphatic heterocycles. The summed E-state index contributed by atoms with van der Waals surface area (Å²) in [6.07, 6.45) is 2.75. The maximum Gasteiger partial charge on any atom is 0.237 e. The summed E-state index contributed by atoms with van der Waals surface area (Å²) in [7, 11) is 1.62. The van der Waals surface area contributed by atoms with E-state index in [9.17, 15) is 4.79 Å². The Hall–Kier alpha value is -0.260. The van der Waals surface area contributed by atoms with Crippen LogP contribution < -0.4 is 11.1 Å². The summed E-state index contributed by atoms with van der Waals surface area (Å²) in [5.74, 6) is 0.817. The minimum atomic E-state index is -0.397. The number of carbonyl (C=O) groups is 1. The predicted octanol–water partition coefficient (Wildman–Crippen LogP) is 0.218. The number of amides is 1. The molecule has 14 heavy (non-hydrogen) atoms. The van der Waals surface area contributed by atoms with Gasteiger partial charge in [-0.15, -0.1) is 0 Å². The van der Waals surface area contributed by atoms with Gasteiger partial charge in [-0.2, -0.15) is 11.8 Å². The normalized spacial score (nSPS) is 14.9.